The molecule has 1 N–H and O–H groups in total. The molecule has 0 bridgehead atoms. The Morgan fingerprint density at radius 2 is 2.00 bits per heavy atom. The van der Waals surface area contributed by atoms with Crippen LogP contribution in [0.2, 0.25) is 0 Å². The Kier molecular flexibility index (Phi) is 3.84. The van der Waals surface area contributed by atoms with E-state index in [0.29, 0.717) is 19.6 Å². The van der Waals surface area contributed by atoms with Gasteiger partial charge in [-0.25, -0.2) is 23.4 Å². The van der Waals surface area contributed by atoms with Crippen molar-refractivity contribution in [2.75, 3.05) is 29.1 Å². The molecule has 2 aliphatic heterocycles. The van der Waals surface area contributed by atoms with Gasteiger partial charge in [0.2, 0.25) is 0 Å². The predicted octanol–water partition coefficient (Wildman–Crippen LogP) is 1.54. The summed E-state index contributed by atoms with van der Waals surface area (Å²) in [4.78, 5) is 21.0. The van der Waals surface area contributed by atoms with Gasteiger partial charge in [-0.1, -0.05) is 0 Å². The smallest absolute Gasteiger partial charge is 0.153 e. The van der Waals surface area contributed by atoms with E-state index in [4.69, 9.17) is 0 Å². The molecule has 0 unspecified atom stereocenters. The maximum atomic E-state index is 11.8. The number of nitrogens with zero attached hydrogens (tertiary/aromatic N) is 5. The summed E-state index contributed by atoms with van der Waals surface area (Å²) in [6.45, 7) is 3.88. The molecule has 0 saturated carbocycles. The van der Waals surface area contributed by atoms with Crippen molar-refractivity contribution in [2.45, 2.75) is 31.2 Å². The van der Waals surface area contributed by atoms with Crippen molar-refractivity contribution in [1.29, 1.82) is 0 Å². The van der Waals surface area contributed by atoms with Gasteiger partial charge in [0.05, 0.1) is 10.9 Å². The van der Waals surface area contributed by atoms with Gasteiger partial charge in [0.1, 0.15) is 17.8 Å². The molecule has 1 atom stereocenters. The van der Waals surface area contributed by atoms with Gasteiger partial charge in [-0.3, -0.25) is 0 Å². The Morgan fingerprint density at radius 3 is 2.79 bits per heavy atom. The van der Waals surface area contributed by atoms with Gasteiger partial charge in [-0.2, -0.15) is 0 Å². The standard InChI is InChI=1S/C19H22N6O2S/c1-12-7-16-15(10-25(12)17-4-6-21-18-14(17)3-5-20-18)19(23-11-22-16)24-8-13(9-24)28(2,26)27/h3-6,11-13H,7-10H2,1-2H3,(H,20,21)/t12-/m1/s1. The third-order valence-corrected chi connectivity index (χ3v) is 7.37. The molecule has 0 amide bonds. The van der Waals surface area contributed by atoms with E-state index >= 15 is 0 Å². The highest BCUT2D eigenvalue weighted by molar-refractivity contribution is 7.91. The lowest BCUT2D eigenvalue weighted by atomic mass is 9.98. The topological polar surface area (TPSA) is 95.1 Å². The number of fused-ring (bicyclic) bond motifs is 2. The third kappa shape index (κ3) is 2.72. The van der Waals surface area contributed by atoms with Gasteiger partial charge in [0.25, 0.3) is 0 Å². The van der Waals surface area contributed by atoms with E-state index in [9.17, 15) is 8.42 Å². The zero-order valence-corrected chi connectivity index (χ0v) is 16.6. The quantitative estimate of drug-likeness (QED) is 0.715. The summed E-state index contributed by atoms with van der Waals surface area (Å²) in [5.74, 6) is 0.862. The number of aromatic nitrogens is 4. The fourth-order valence-electron chi connectivity index (χ4n) is 4.17. The molecule has 1 saturated heterocycles. The first-order valence-electron chi connectivity index (χ1n) is 9.37. The first-order valence-corrected chi connectivity index (χ1v) is 11.3. The van der Waals surface area contributed by atoms with Crippen molar-refractivity contribution in [1.82, 2.24) is 19.9 Å². The lowest BCUT2D eigenvalue weighted by Crippen LogP contribution is -2.55. The minimum absolute atomic E-state index is 0.288. The molecule has 8 nitrogen and oxygen atoms in total. The summed E-state index contributed by atoms with van der Waals surface area (Å²) in [6.07, 6.45) is 7.46. The number of anilines is 2. The van der Waals surface area contributed by atoms with Crippen LogP contribution < -0.4 is 9.80 Å². The summed E-state index contributed by atoms with van der Waals surface area (Å²) in [7, 11) is -3.01. The maximum absolute atomic E-state index is 11.8. The zero-order valence-electron chi connectivity index (χ0n) is 15.8. The summed E-state index contributed by atoms with van der Waals surface area (Å²) < 4.78 is 23.6. The molecule has 5 rings (SSSR count). The highest BCUT2D eigenvalue weighted by atomic mass is 32.2. The molecule has 0 radical (unpaired) electrons. The highest BCUT2D eigenvalue weighted by Gasteiger charge is 2.38. The van der Waals surface area contributed by atoms with E-state index in [2.05, 4.69) is 42.7 Å². The van der Waals surface area contributed by atoms with Crippen molar-refractivity contribution in [3.05, 3.63) is 42.1 Å². The lowest BCUT2D eigenvalue weighted by molar-refractivity contribution is 0.536. The Bertz CT molecular complexity index is 1150. The first kappa shape index (κ1) is 17.4. The number of aromatic amines is 1. The number of hydrogen-bond acceptors (Lipinski definition) is 7. The van der Waals surface area contributed by atoms with Crippen LogP contribution in [0.5, 0.6) is 0 Å². The van der Waals surface area contributed by atoms with Gasteiger partial charge in [0, 0.05) is 67.4 Å². The molecule has 0 aliphatic carbocycles. The second-order valence-electron chi connectivity index (χ2n) is 7.73. The monoisotopic (exact) mass is 398 g/mol. The van der Waals surface area contributed by atoms with E-state index < -0.39 is 9.84 Å². The average molecular weight is 398 g/mol. The normalized spacial score (nSPS) is 20.3. The Hall–Kier alpha value is -2.68. The number of H-pyrrole nitrogens is 1. The van der Waals surface area contributed by atoms with Gasteiger partial charge in [0.15, 0.2) is 9.84 Å². The van der Waals surface area contributed by atoms with Crippen molar-refractivity contribution >= 4 is 32.4 Å². The maximum Gasteiger partial charge on any atom is 0.153 e. The SMILES string of the molecule is C[C@@H]1Cc2ncnc(N3CC(S(C)(=O)=O)C3)c2CN1c1ccnc2[nH]ccc12. The fraction of sp³-hybridized carbons (Fsp3) is 0.421. The Morgan fingerprint density at radius 1 is 1.18 bits per heavy atom. The molecule has 1 fully saturated rings. The minimum Gasteiger partial charge on any atom is -0.363 e. The molecule has 28 heavy (non-hydrogen) atoms. The van der Waals surface area contributed by atoms with Gasteiger partial charge >= 0.3 is 0 Å². The molecule has 0 aromatic carbocycles. The number of rotatable bonds is 3. The molecular weight excluding hydrogens is 376 g/mol. The van der Waals surface area contributed by atoms with Crippen LogP contribution in [0.3, 0.4) is 0 Å². The summed E-state index contributed by atoms with van der Waals surface area (Å²) >= 11 is 0. The minimum atomic E-state index is -3.01. The average Bonchev–Trinajstić information content (AvgIpc) is 3.07. The van der Waals surface area contributed by atoms with E-state index in [1.165, 1.54) is 6.26 Å². The van der Waals surface area contributed by atoms with Crippen molar-refractivity contribution in [3.8, 4) is 0 Å². The summed E-state index contributed by atoms with van der Waals surface area (Å²) in [5, 5.41) is 0.786. The van der Waals surface area contributed by atoms with Gasteiger partial charge in [-0.15, -0.1) is 0 Å². The van der Waals surface area contributed by atoms with E-state index in [1.807, 2.05) is 18.5 Å². The van der Waals surface area contributed by atoms with Crippen molar-refractivity contribution < 1.29 is 8.42 Å². The predicted molar refractivity (Wildman–Crippen MR) is 108 cm³/mol. The first-order chi connectivity index (χ1) is 13.4. The second-order valence-corrected chi connectivity index (χ2v) is 10.1. The van der Waals surface area contributed by atoms with Crippen LogP contribution in [0, 0.1) is 0 Å². The fourth-order valence-corrected chi connectivity index (χ4v) is 5.07. The van der Waals surface area contributed by atoms with Crippen LogP contribution in [0.1, 0.15) is 18.2 Å². The number of sulfone groups is 1. The summed E-state index contributed by atoms with van der Waals surface area (Å²) in [6, 6.07) is 4.38. The third-order valence-electron chi connectivity index (χ3n) is 5.86. The van der Waals surface area contributed by atoms with Crippen LogP contribution in [0.25, 0.3) is 11.0 Å². The van der Waals surface area contributed by atoms with Crippen LogP contribution in [0.15, 0.2) is 30.9 Å². The van der Waals surface area contributed by atoms with Crippen molar-refractivity contribution in [2.24, 2.45) is 0 Å². The van der Waals surface area contributed by atoms with Crippen LogP contribution in [0.4, 0.5) is 11.5 Å². The molecule has 9 heteroatoms. The molecule has 3 aromatic rings. The van der Waals surface area contributed by atoms with Crippen LogP contribution >= 0.6 is 0 Å². The zero-order chi connectivity index (χ0) is 19.5. The van der Waals surface area contributed by atoms with Gasteiger partial charge in [-0.05, 0) is 19.1 Å². The van der Waals surface area contributed by atoms with Crippen LogP contribution in [-0.4, -0.2) is 59.0 Å². The number of hydrogen-bond donors (Lipinski definition) is 1. The van der Waals surface area contributed by atoms with Gasteiger partial charge < -0.3 is 14.8 Å². The molecule has 2 aliphatic rings. The number of nitrogens with one attached hydrogen (secondary N) is 1. The van der Waals surface area contributed by atoms with E-state index in [-0.39, 0.29) is 11.3 Å². The largest absolute Gasteiger partial charge is 0.363 e. The molecular formula is C19H22N6O2S. The highest BCUT2D eigenvalue weighted by Crippen LogP contribution is 2.36. The lowest BCUT2D eigenvalue weighted by Gasteiger charge is -2.42. The Labute approximate surface area is 163 Å². The van der Waals surface area contributed by atoms with E-state index in [1.54, 1.807) is 6.33 Å². The molecule has 146 valence electrons. The molecule has 0 spiro atoms. The van der Waals surface area contributed by atoms with Crippen LogP contribution in [-0.2, 0) is 22.8 Å². The Balaban J connectivity index is 1.50. The molecule has 5 heterocycles. The summed E-state index contributed by atoms with van der Waals surface area (Å²) in [5.41, 5.74) is 4.15. The van der Waals surface area contributed by atoms with E-state index in [0.717, 1.165) is 40.2 Å². The molecule has 3 aromatic heterocycles. The van der Waals surface area contributed by atoms with Crippen molar-refractivity contribution in [3.63, 3.8) is 0 Å². The second kappa shape index (κ2) is 6.16. The number of pyridine rings is 1.